The third kappa shape index (κ3) is 13.6. The van der Waals surface area contributed by atoms with E-state index >= 15 is 0 Å². The van der Waals surface area contributed by atoms with Crippen LogP contribution in [0.25, 0.3) is 11.1 Å². The first-order valence-electron chi connectivity index (χ1n) is 8.37. The van der Waals surface area contributed by atoms with Crippen molar-refractivity contribution in [3.63, 3.8) is 0 Å². The topological polar surface area (TPSA) is 119 Å². The molecule has 2 aromatic rings. The van der Waals surface area contributed by atoms with Crippen LogP contribution in [0.3, 0.4) is 0 Å². The molecule has 0 heterocycles. The number of aliphatic carboxylic acids is 1. The number of hydrogen-bond acceptors (Lipinski definition) is 4. The average molecular weight is 895 g/mol. The van der Waals surface area contributed by atoms with Crippen molar-refractivity contribution < 1.29 is 19.5 Å². The zero-order chi connectivity index (χ0) is 21.2. The Hall–Kier alpha value is -5.66. The number of amides is 2. The Kier molecular flexibility index (Phi) is 17.6. The molecule has 2 aromatic carbocycles. The Balaban J connectivity index is -0.000000475. The van der Waals surface area contributed by atoms with E-state index in [4.69, 9.17) is 15.2 Å². The smallest absolute Gasteiger partial charge is 0.320 e. The average Bonchev–Trinajstić information content (AvgIpc) is 2.72. The van der Waals surface area contributed by atoms with E-state index in [0.29, 0.717) is 6.42 Å². The summed E-state index contributed by atoms with van der Waals surface area (Å²) in [6, 6.07) is 19.1. The molecule has 0 atom stereocenters. The van der Waals surface area contributed by atoms with Gasteiger partial charge in [0, 0.05) is 6.42 Å². The second-order valence-electron chi connectivity index (χ2n) is 5.42. The van der Waals surface area contributed by atoms with Gasteiger partial charge in [-0.2, -0.15) is 18.1 Å². The van der Waals surface area contributed by atoms with Crippen LogP contribution >= 0.6 is 0 Å². The summed E-state index contributed by atoms with van der Waals surface area (Å²) in [5, 5.41) is 20.3. The van der Waals surface area contributed by atoms with E-state index in [1.807, 2.05) is 5.32 Å². The van der Waals surface area contributed by atoms with Gasteiger partial charge in [-0.25, -0.2) is 0 Å². The second-order valence-corrected chi connectivity index (χ2v) is 5.42. The summed E-state index contributed by atoms with van der Waals surface area (Å²) in [6.45, 7) is 1.73. The third-order valence-corrected chi connectivity index (χ3v) is 3.28. The Morgan fingerprint density at radius 3 is 1.80 bits per heavy atom. The number of benzene rings is 2. The fraction of sp³-hybridized carbons (Fsp3) is 0.238. The molecule has 7 nitrogen and oxygen atoms in total. The van der Waals surface area contributed by atoms with Crippen molar-refractivity contribution >= 4 is 18.8 Å². The molecule has 0 radical (unpaired) electrons. The Morgan fingerprint density at radius 1 is 1.00 bits per heavy atom. The number of carboxylic acids is 1. The van der Waals surface area contributed by atoms with Crippen LogP contribution in [0.4, 0.5) is 0 Å². The Morgan fingerprint density at radius 2 is 1.47 bits per heavy atom. The maximum atomic E-state index is 9.52. The molecule has 3 N–H and O–H groups in total. The first kappa shape index (κ1) is 29.1. The molecule has 0 aromatic heterocycles. The van der Waals surface area contributed by atoms with Crippen molar-refractivity contribution in [2.24, 2.45) is 0 Å². The summed E-state index contributed by atoms with van der Waals surface area (Å²) in [5.41, 5.74) is 4.97. The van der Waals surface area contributed by atoms with Crippen LogP contribution in [-0.2, 0) is 20.8 Å². The van der Waals surface area contributed by atoms with Crippen molar-refractivity contribution in [1.82, 2.24) is 10.6 Å². The monoisotopic (exact) mass is 895 g/mol. The molecule has 0 aliphatic rings. The summed E-state index contributed by atoms with van der Waals surface area (Å²) in [6.07, 6.45) is 4.07. The van der Waals surface area contributed by atoms with Gasteiger partial charge in [-0.05, 0) is 37.1 Å². The van der Waals surface area contributed by atoms with E-state index in [2.05, 4.69) is 66.8 Å². The molecule has 0 aliphatic carbocycles. The third-order valence-electron chi connectivity index (χ3n) is 3.28. The minimum atomic E-state index is -1.07. The molecular formula is C21H23Fm2N3O4-2. The first-order valence-corrected chi connectivity index (χ1v) is 8.37. The van der Waals surface area contributed by atoms with Gasteiger partial charge in [0.2, 0.25) is 0 Å². The van der Waals surface area contributed by atoms with Gasteiger partial charge in [0.05, 0.1) is 12.6 Å². The van der Waals surface area contributed by atoms with Gasteiger partial charge in [0.1, 0.15) is 0 Å². The number of nitrogens with zero attached hydrogens (tertiary/aromatic N) is 1. The molecule has 2 rings (SSSR count). The number of nitriles is 1. The SMILES string of the molecule is CN[C-]=O.Cc1ccc(-c2ccc(CCC#N)cc2)cc1.O=[C-]NCC(=O)O.[Fm].[Fm]. The van der Waals surface area contributed by atoms with E-state index in [1.165, 1.54) is 42.1 Å². The van der Waals surface area contributed by atoms with Crippen LogP contribution in [0, 0.1) is 18.3 Å². The van der Waals surface area contributed by atoms with Crippen LogP contribution < -0.4 is 10.6 Å². The molecular weight excluding hydrogens is 872 g/mol. The van der Waals surface area contributed by atoms with E-state index in [9.17, 15) is 9.59 Å². The summed E-state index contributed by atoms with van der Waals surface area (Å²) in [7, 11) is 1.51. The molecule has 0 fully saturated rings. The Bertz CT molecular complexity index is 761. The van der Waals surface area contributed by atoms with Gasteiger partial charge in [0.25, 0.3) is 0 Å². The summed E-state index contributed by atoms with van der Waals surface area (Å²) >= 11 is 0. The number of carbonyl (C=O) groups excluding carboxylic acids is 2. The summed E-state index contributed by atoms with van der Waals surface area (Å²) < 4.78 is 0. The fourth-order valence-electron chi connectivity index (χ4n) is 1.92. The molecule has 30 heavy (non-hydrogen) atoms. The molecule has 9 heteroatoms. The van der Waals surface area contributed by atoms with Crippen LogP contribution in [0.15, 0.2) is 48.5 Å². The van der Waals surface area contributed by atoms with Crippen molar-refractivity contribution in [2.75, 3.05) is 13.6 Å². The number of carbonyl (C=O) groups is 1. The number of nitrogens with one attached hydrogen (secondary N) is 2. The number of rotatable bonds is 7. The van der Waals surface area contributed by atoms with Crippen LogP contribution in [0.5, 0.6) is 0 Å². The fourth-order valence-corrected chi connectivity index (χ4v) is 1.92. The molecule has 2 amide bonds. The van der Waals surface area contributed by atoms with E-state index < -0.39 is 5.97 Å². The van der Waals surface area contributed by atoms with Gasteiger partial charge in [-0.3, -0.25) is 4.79 Å². The van der Waals surface area contributed by atoms with E-state index in [0.717, 1.165) is 6.42 Å². The quantitative estimate of drug-likeness (QED) is 0.291. The van der Waals surface area contributed by atoms with Gasteiger partial charge in [-0.1, -0.05) is 54.1 Å². The molecule has 0 spiro atoms. The molecule has 0 saturated carbocycles. The van der Waals surface area contributed by atoms with Crippen molar-refractivity contribution in [1.29, 1.82) is 5.26 Å². The van der Waals surface area contributed by atoms with Crippen LogP contribution in [0.1, 0.15) is 17.5 Å². The predicted molar refractivity (Wildman–Crippen MR) is 107 cm³/mol. The van der Waals surface area contributed by atoms with E-state index in [1.54, 1.807) is 0 Å². The standard InChI is InChI=1S/C16H15N.C3H4NO3.C2H4NO.2Fm/c1-13-4-8-15(9-5-13)16-10-6-14(7-11-16)3-2-12-17;5-2-4-1-3(6)7;1-3-2-4;;/h4-11H,2-3H2,1H3;1H2,(H,4,5)(H,6,7);1H3,(H,3,4);;/q;2*-1;;. The zero-order valence-corrected chi connectivity index (χ0v) is 21.2. The van der Waals surface area contributed by atoms with Crippen LogP contribution in [-0.4, -0.2) is 37.5 Å². The normalized spacial score (nSPS) is 8.03. The summed E-state index contributed by atoms with van der Waals surface area (Å²) in [5.74, 6) is -1.07. The Labute approximate surface area is 165 Å². The van der Waals surface area contributed by atoms with Crippen molar-refractivity contribution in [3.05, 3.63) is 59.7 Å². The molecule has 0 saturated heterocycles. The van der Waals surface area contributed by atoms with Gasteiger partial charge in [-0.15, -0.1) is 0 Å². The maximum Gasteiger partial charge on any atom is 0.320 e. The van der Waals surface area contributed by atoms with E-state index in [-0.39, 0.29) is 6.54 Å². The second kappa shape index (κ2) is 18.1. The van der Waals surface area contributed by atoms with Crippen LogP contribution in [0.2, 0.25) is 0 Å². The van der Waals surface area contributed by atoms with Gasteiger partial charge >= 0.3 is 5.97 Å². The number of aryl methyl sites for hydroxylation is 2. The molecule has 172 valence electrons. The molecule has 0 unspecified atom stereocenters. The first-order chi connectivity index (χ1) is 13.5. The molecule has 0 aliphatic heterocycles. The summed E-state index contributed by atoms with van der Waals surface area (Å²) in [4.78, 5) is 27.7. The molecule has 0 bridgehead atoms. The minimum absolute atomic E-state index is 0. The van der Waals surface area contributed by atoms with Gasteiger partial charge in [0.15, 0.2) is 0 Å². The maximum absolute atomic E-state index is 9.52. The van der Waals surface area contributed by atoms with Gasteiger partial charge < -0.3 is 25.3 Å². The largest absolute Gasteiger partial charge is 0.532 e. The number of hydrogen-bond donors (Lipinski definition) is 3. The minimum Gasteiger partial charge on any atom is -0.532 e. The number of carboxylic acid groups (broad SMARTS) is 1. The predicted octanol–water partition coefficient (Wildman–Crippen LogP) is 2.12. The van der Waals surface area contributed by atoms with Crippen molar-refractivity contribution in [2.45, 2.75) is 19.8 Å². The zero-order valence-electron chi connectivity index (χ0n) is 16.4. The van der Waals surface area contributed by atoms with Crippen molar-refractivity contribution in [3.8, 4) is 17.2 Å².